The first-order valence-electron chi connectivity index (χ1n) is 5.84. The Morgan fingerprint density at radius 2 is 1.79 bits per heavy atom. The van der Waals surface area contributed by atoms with Gasteiger partial charge in [-0.05, 0) is 55.8 Å². The summed E-state index contributed by atoms with van der Waals surface area (Å²) in [5.74, 6) is 2.46. The number of hydrogen-bond donors (Lipinski definition) is 1. The lowest BCUT2D eigenvalue weighted by atomic mass is 9.46. The number of carboxylic acid groups (broad SMARTS) is 1. The van der Waals surface area contributed by atoms with E-state index in [-0.39, 0.29) is 5.41 Å². The van der Waals surface area contributed by atoms with Crippen LogP contribution in [0.3, 0.4) is 0 Å². The molecule has 4 aliphatic rings. The summed E-state index contributed by atoms with van der Waals surface area (Å²) in [6.45, 7) is 2.34. The average Bonchev–Trinajstić information content (AvgIpc) is 2.12. The zero-order valence-electron chi connectivity index (χ0n) is 8.70. The molecule has 78 valence electrons. The Kier molecular flexibility index (Phi) is 1.58. The summed E-state index contributed by atoms with van der Waals surface area (Å²) in [7, 11) is 0. The van der Waals surface area contributed by atoms with Crippen molar-refractivity contribution in [2.24, 2.45) is 29.1 Å². The van der Waals surface area contributed by atoms with Crippen molar-refractivity contribution >= 4 is 5.97 Å². The van der Waals surface area contributed by atoms with Crippen molar-refractivity contribution in [2.45, 2.75) is 39.0 Å². The standard InChI is InChI=1S/C12H18O2/c1-7-9-2-8-3-10(7)6-12(4-8,5-9)11(13)14/h7-10H,2-6H2,1H3,(H,13,14)/t7?,8?,9-,10-,12?/m0/s1. The van der Waals surface area contributed by atoms with E-state index < -0.39 is 5.97 Å². The highest BCUT2D eigenvalue weighted by Crippen LogP contribution is 2.62. The Balaban J connectivity index is 1.96. The van der Waals surface area contributed by atoms with E-state index in [9.17, 15) is 9.90 Å². The third-order valence-corrected chi connectivity index (χ3v) is 5.20. The molecule has 0 amide bonds. The Morgan fingerprint density at radius 3 is 2.29 bits per heavy atom. The van der Waals surface area contributed by atoms with Crippen LogP contribution >= 0.6 is 0 Å². The highest BCUT2D eigenvalue weighted by atomic mass is 16.4. The summed E-state index contributed by atoms with van der Waals surface area (Å²) in [6, 6.07) is 0. The van der Waals surface area contributed by atoms with Crippen molar-refractivity contribution in [1.29, 1.82) is 0 Å². The van der Waals surface area contributed by atoms with Gasteiger partial charge in [-0.1, -0.05) is 6.92 Å². The fourth-order valence-electron chi connectivity index (χ4n) is 4.54. The third-order valence-electron chi connectivity index (χ3n) is 5.20. The second kappa shape index (κ2) is 2.53. The molecule has 2 heteroatoms. The van der Waals surface area contributed by atoms with Crippen molar-refractivity contribution in [3.8, 4) is 0 Å². The van der Waals surface area contributed by atoms with Crippen molar-refractivity contribution in [3.05, 3.63) is 0 Å². The molecule has 2 nitrogen and oxygen atoms in total. The fourth-order valence-corrected chi connectivity index (χ4v) is 4.54. The van der Waals surface area contributed by atoms with Crippen molar-refractivity contribution in [2.75, 3.05) is 0 Å². The van der Waals surface area contributed by atoms with Gasteiger partial charge in [-0.15, -0.1) is 0 Å². The Labute approximate surface area is 84.7 Å². The van der Waals surface area contributed by atoms with Crippen LogP contribution in [0.5, 0.6) is 0 Å². The monoisotopic (exact) mass is 194 g/mol. The minimum absolute atomic E-state index is 0.303. The lowest BCUT2D eigenvalue weighted by Gasteiger charge is -2.57. The molecular formula is C12H18O2. The zero-order chi connectivity index (χ0) is 9.92. The van der Waals surface area contributed by atoms with Crippen LogP contribution in [-0.4, -0.2) is 11.1 Å². The van der Waals surface area contributed by atoms with Crippen molar-refractivity contribution in [3.63, 3.8) is 0 Å². The van der Waals surface area contributed by atoms with Crippen LogP contribution < -0.4 is 0 Å². The quantitative estimate of drug-likeness (QED) is 0.696. The van der Waals surface area contributed by atoms with Gasteiger partial charge in [0.15, 0.2) is 0 Å². The Bertz CT molecular complexity index is 268. The van der Waals surface area contributed by atoms with Crippen molar-refractivity contribution < 1.29 is 9.90 Å². The molecule has 0 aromatic carbocycles. The van der Waals surface area contributed by atoms with E-state index >= 15 is 0 Å². The molecule has 0 aromatic heterocycles. The van der Waals surface area contributed by atoms with E-state index in [2.05, 4.69) is 6.92 Å². The number of carboxylic acids is 1. The van der Waals surface area contributed by atoms with Gasteiger partial charge in [-0.3, -0.25) is 4.79 Å². The van der Waals surface area contributed by atoms with Crippen LogP contribution in [-0.2, 0) is 4.79 Å². The molecule has 0 aliphatic heterocycles. The first kappa shape index (κ1) is 8.75. The lowest BCUT2D eigenvalue weighted by molar-refractivity contribution is -0.169. The molecule has 1 N–H and O–H groups in total. The van der Waals surface area contributed by atoms with Gasteiger partial charge in [-0.2, -0.15) is 0 Å². The average molecular weight is 194 g/mol. The van der Waals surface area contributed by atoms with Gasteiger partial charge < -0.3 is 5.11 Å². The minimum atomic E-state index is -0.510. The predicted octanol–water partition coefficient (Wildman–Crippen LogP) is 2.53. The van der Waals surface area contributed by atoms with Gasteiger partial charge in [0.1, 0.15) is 0 Å². The van der Waals surface area contributed by atoms with Gasteiger partial charge in [0.05, 0.1) is 5.41 Å². The molecule has 2 atom stereocenters. The maximum Gasteiger partial charge on any atom is 0.309 e. The van der Waals surface area contributed by atoms with E-state index in [0.29, 0.717) is 0 Å². The molecule has 4 rings (SSSR count). The van der Waals surface area contributed by atoms with Crippen molar-refractivity contribution in [1.82, 2.24) is 0 Å². The summed E-state index contributed by atoms with van der Waals surface area (Å²) < 4.78 is 0. The fraction of sp³-hybridized carbons (Fsp3) is 0.917. The topological polar surface area (TPSA) is 37.3 Å². The highest BCUT2D eigenvalue weighted by molar-refractivity contribution is 5.75. The van der Waals surface area contributed by atoms with Crippen LogP contribution in [0.2, 0.25) is 0 Å². The van der Waals surface area contributed by atoms with Crippen LogP contribution in [0.1, 0.15) is 39.0 Å². The maximum absolute atomic E-state index is 11.4. The first-order chi connectivity index (χ1) is 6.61. The van der Waals surface area contributed by atoms with Crippen LogP contribution in [0.25, 0.3) is 0 Å². The smallest absolute Gasteiger partial charge is 0.309 e. The lowest BCUT2D eigenvalue weighted by Crippen LogP contribution is -2.53. The third kappa shape index (κ3) is 0.945. The molecule has 4 bridgehead atoms. The molecule has 0 aromatic rings. The molecule has 14 heavy (non-hydrogen) atoms. The molecule has 0 heterocycles. The summed E-state index contributed by atoms with van der Waals surface area (Å²) in [4.78, 5) is 11.4. The van der Waals surface area contributed by atoms with Gasteiger partial charge in [-0.25, -0.2) is 0 Å². The molecule has 0 saturated heterocycles. The van der Waals surface area contributed by atoms with Crippen LogP contribution in [0, 0.1) is 29.1 Å². The Hall–Kier alpha value is -0.530. The molecule has 4 aliphatic carbocycles. The zero-order valence-corrected chi connectivity index (χ0v) is 8.70. The SMILES string of the molecule is CC1[C@H]2CC3C[C@H]1CC(C(=O)O)(C3)C2. The predicted molar refractivity (Wildman–Crippen MR) is 52.8 cm³/mol. The summed E-state index contributed by atoms with van der Waals surface area (Å²) in [5.41, 5.74) is -0.303. The van der Waals surface area contributed by atoms with E-state index in [0.717, 1.165) is 42.9 Å². The largest absolute Gasteiger partial charge is 0.481 e. The van der Waals surface area contributed by atoms with Gasteiger partial charge in [0.2, 0.25) is 0 Å². The Morgan fingerprint density at radius 1 is 1.21 bits per heavy atom. The minimum Gasteiger partial charge on any atom is -0.481 e. The van der Waals surface area contributed by atoms with Gasteiger partial charge >= 0.3 is 5.97 Å². The maximum atomic E-state index is 11.4. The number of hydrogen-bond acceptors (Lipinski definition) is 1. The second-order valence-corrected chi connectivity index (χ2v) is 5.91. The molecule has 4 saturated carbocycles. The molecule has 0 unspecified atom stereocenters. The molecule has 0 radical (unpaired) electrons. The summed E-state index contributed by atoms with van der Waals surface area (Å²) in [5, 5.41) is 9.37. The van der Waals surface area contributed by atoms with Crippen LogP contribution in [0.4, 0.5) is 0 Å². The highest BCUT2D eigenvalue weighted by Gasteiger charge is 2.57. The number of aliphatic carboxylic acids is 1. The van der Waals surface area contributed by atoms with E-state index in [1.165, 1.54) is 12.8 Å². The molecule has 0 spiro atoms. The summed E-state index contributed by atoms with van der Waals surface area (Å²) in [6.07, 6.45) is 5.54. The van der Waals surface area contributed by atoms with E-state index in [4.69, 9.17) is 0 Å². The number of carbonyl (C=O) groups is 1. The molecular weight excluding hydrogens is 176 g/mol. The number of rotatable bonds is 1. The normalized spacial score (nSPS) is 54.9. The second-order valence-electron chi connectivity index (χ2n) is 5.91. The first-order valence-corrected chi connectivity index (χ1v) is 5.84. The summed E-state index contributed by atoms with van der Waals surface area (Å²) >= 11 is 0. The van der Waals surface area contributed by atoms with E-state index in [1.807, 2.05) is 0 Å². The van der Waals surface area contributed by atoms with E-state index in [1.54, 1.807) is 0 Å². The van der Waals surface area contributed by atoms with Gasteiger partial charge in [0.25, 0.3) is 0 Å². The molecule has 4 fully saturated rings. The van der Waals surface area contributed by atoms with Gasteiger partial charge in [0, 0.05) is 0 Å². The van der Waals surface area contributed by atoms with Crippen LogP contribution in [0.15, 0.2) is 0 Å².